The lowest BCUT2D eigenvalue weighted by Crippen LogP contribution is -2.07. The fraction of sp³-hybridized carbons (Fsp3) is 0.357. The van der Waals surface area contributed by atoms with E-state index >= 15 is 0 Å². The summed E-state index contributed by atoms with van der Waals surface area (Å²) in [4.78, 5) is 11.8. The molecule has 0 aromatic carbocycles. The van der Waals surface area contributed by atoms with E-state index in [0.29, 0.717) is 0 Å². The number of aryl methyl sites for hydroxylation is 2. The minimum Gasteiger partial charge on any atom is -0.461 e. The first-order valence-corrected chi connectivity index (χ1v) is 5.81. The van der Waals surface area contributed by atoms with Gasteiger partial charge in [-0.3, -0.25) is 4.79 Å². The van der Waals surface area contributed by atoms with Crippen molar-refractivity contribution in [2.24, 2.45) is 0 Å². The quantitative estimate of drug-likeness (QED) is 0.788. The van der Waals surface area contributed by atoms with Crippen LogP contribution in [0.15, 0.2) is 33.5 Å². The predicted molar refractivity (Wildman–Crippen MR) is 65.0 cm³/mol. The van der Waals surface area contributed by atoms with Gasteiger partial charge in [0.15, 0.2) is 5.43 Å². The van der Waals surface area contributed by atoms with Gasteiger partial charge < -0.3 is 4.42 Å². The fourth-order valence-corrected chi connectivity index (χ4v) is 2.00. The van der Waals surface area contributed by atoms with E-state index < -0.39 is 0 Å². The smallest absolute Gasteiger partial charge is 0.189 e. The summed E-state index contributed by atoms with van der Waals surface area (Å²) >= 11 is 0. The van der Waals surface area contributed by atoms with Crippen molar-refractivity contribution in [3.8, 4) is 11.3 Å². The summed E-state index contributed by atoms with van der Waals surface area (Å²) in [6, 6.07) is 7.24. The van der Waals surface area contributed by atoms with Gasteiger partial charge in [-0.15, -0.1) is 0 Å². The third-order valence-corrected chi connectivity index (χ3v) is 2.76. The predicted octanol–water partition coefficient (Wildman–Crippen LogP) is 3.26. The molecule has 16 heavy (non-hydrogen) atoms. The maximum atomic E-state index is 11.8. The van der Waals surface area contributed by atoms with Crippen LogP contribution in [0.1, 0.15) is 31.6 Å². The molecular weight excluding hydrogens is 200 g/mol. The first kappa shape index (κ1) is 10.9. The Morgan fingerprint density at radius 2 is 2.06 bits per heavy atom. The van der Waals surface area contributed by atoms with Crippen LogP contribution in [0.3, 0.4) is 0 Å². The van der Waals surface area contributed by atoms with Crippen LogP contribution in [0, 0.1) is 0 Å². The number of rotatable bonds is 3. The third-order valence-electron chi connectivity index (χ3n) is 2.76. The van der Waals surface area contributed by atoms with Crippen LogP contribution in [0.5, 0.6) is 0 Å². The Morgan fingerprint density at radius 1 is 1.25 bits per heavy atom. The van der Waals surface area contributed by atoms with Gasteiger partial charge in [-0.25, -0.2) is 0 Å². The maximum Gasteiger partial charge on any atom is 0.189 e. The largest absolute Gasteiger partial charge is 0.461 e. The number of hydrogen-bond acceptors (Lipinski definition) is 2. The summed E-state index contributed by atoms with van der Waals surface area (Å²) < 4.78 is 5.73. The van der Waals surface area contributed by atoms with E-state index in [0.717, 1.165) is 41.9 Å². The molecule has 0 amide bonds. The van der Waals surface area contributed by atoms with Crippen LogP contribution in [-0.2, 0) is 12.8 Å². The van der Waals surface area contributed by atoms with E-state index in [9.17, 15) is 4.79 Å². The molecule has 0 radical (unpaired) electrons. The van der Waals surface area contributed by atoms with Crippen molar-refractivity contribution in [3.63, 3.8) is 0 Å². The van der Waals surface area contributed by atoms with E-state index in [1.54, 1.807) is 12.1 Å². The van der Waals surface area contributed by atoms with Crippen molar-refractivity contribution in [1.82, 2.24) is 0 Å². The highest BCUT2D eigenvalue weighted by Crippen LogP contribution is 2.25. The summed E-state index contributed by atoms with van der Waals surface area (Å²) in [7, 11) is 0. The van der Waals surface area contributed by atoms with Crippen molar-refractivity contribution in [3.05, 3.63) is 45.8 Å². The molecule has 2 nitrogen and oxygen atoms in total. The Kier molecular flexibility index (Phi) is 3.09. The lowest BCUT2D eigenvalue weighted by molar-refractivity contribution is 0.499. The molecule has 1 aliphatic heterocycles. The first-order valence-electron chi connectivity index (χ1n) is 5.81. The fourth-order valence-electron chi connectivity index (χ4n) is 2.00. The lowest BCUT2D eigenvalue weighted by atomic mass is 10.0. The van der Waals surface area contributed by atoms with Crippen molar-refractivity contribution in [2.45, 2.75) is 33.1 Å². The Bertz CT molecular complexity index is 511. The monoisotopic (exact) mass is 216 g/mol. The minimum atomic E-state index is 0.0566. The highest BCUT2D eigenvalue weighted by Gasteiger charge is 2.13. The van der Waals surface area contributed by atoms with Gasteiger partial charge in [0.05, 0.1) is 5.56 Å². The molecule has 2 rings (SSSR count). The van der Waals surface area contributed by atoms with Crippen LogP contribution in [-0.4, -0.2) is 0 Å². The Balaban J connectivity index is 2.68. The SMILES string of the molecule is CCCc1cc(CC)c2c(=O)cccc-2o1. The molecule has 0 bridgehead atoms. The molecule has 1 heterocycles. The number of benzene rings is 1. The van der Waals surface area contributed by atoms with Gasteiger partial charge in [-0.05, 0) is 36.6 Å². The second kappa shape index (κ2) is 4.52. The zero-order valence-electron chi connectivity index (χ0n) is 9.75. The van der Waals surface area contributed by atoms with E-state index in [2.05, 4.69) is 13.8 Å². The summed E-state index contributed by atoms with van der Waals surface area (Å²) in [5, 5.41) is 0. The van der Waals surface area contributed by atoms with Gasteiger partial charge in [0.25, 0.3) is 0 Å². The number of fused-ring (bicyclic) bond motifs is 1. The standard InChI is InChI=1S/C14H16O2/c1-3-6-11-9-10(4-2)14-12(15)7-5-8-13(14)16-11/h5,7-9H,3-4,6H2,1-2H3. The lowest BCUT2D eigenvalue weighted by Gasteiger charge is -2.11. The van der Waals surface area contributed by atoms with Crippen molar-refractivity contribution in [1.29, 1.82) is 0 Å². The van der Waals surface area contributed by atoms with Gasteiger partial charge in [0, 0.05) is 6.42 Å². The highest BCUT2D eigenvalue weighted by atomic mass is 16.3. The Morgan fingerprint density at radius 3 is 2.75 bits per heavy atom. The number of hydrogen-bond donors (Lipinski definition) is 0. The molecule has 0 unspecified atom stereocenters. The van der Waals surface area contributed by atoms with Gasteiger partial charge >= 0.3 is 0 Å². The van der Waals surface area contributed by atoms with Crippen molar-refractivity contribution in [2.75, 3.05) is 0 Å². The van der Waals surface area contributed by atoms with Gasteiger partial charge in [0.1, 0.15) is 11.5 Å². The van der Waals surface area contributed by atoms with Gasteiger partial charge in [0.2, 0.25) is 0 Å². The third kappa shape index (κ3) is 1.87. The molecule has 0 atom stereocenters. The average molecular weight is 216 g/mol. The van der Waals surface area contributed by atoms with Gasteiger partial charge in [-0.2, -0.15) is 0 Å². The van der Waals surface area contributed by atoms with Crippen LogP contribution < -0.4 is 5.43 Å². The normalized spacial score (nSPS) is 10.9. The zero-order valence-corrected chi connectivity index (χ0v) is 9.75. The van der Waals surface area contributed by atoms with E-state index in [1.807, 2.05) is 12.1 Å². The minimum absolute atomic E-state index is 0.0566. The topological polar surface area (TPSA) is 30.2 Å². The van der Waals surface area contributed by atoms with Gasteiger partial charge in [-0.1, -0.05) is 19.9 Å². The summed E-state index contributed by atoms with van der Waals surface area (Å²) in [6.45, 7) is 4.19. The average Bonchev–Trinajstić information content (AvgIpc) is 2.28. The molecule has 2 heteroatoms. The second-order valence-corrected chi connectivity index (χ2v) is 3.97. The summed E-state index contributed by atoms with van der Waals surface area (Å²) in [6.07, 6.45) is 2.84. The Hall–Kier alpha value is -1.57. The van der Waals surface area contributed by atoms with Crippen LogP contribution >= 0.6 is 0 Å². The van der Waals surface area contributed by atoms with Crippen LogP contribution in [0.4, 0.5) is 0 Å². The molecule has 0 aromatic rings. The molecule has 0 N–H and O–H groups in total. The van der Waals surface area contributed by atoms with Crippen molar-refractivity contribution < 1.29 is 4.42 Å². The Labute approximate surface area is 95.3 Å². The van der Waals surface area contributed by atoms with E-state index in [1.165, 1.54) is 0 Å². The molecule has 0 aromatic heterocycles. The molecule has 0 fully saturated rings. The second-order valence-electron chi connectivity index (χ2n) is 3.97. The molecule has 0 spiro atoms. The van der Waals surface area contributed by atoms with Crippen LogP contribution in [0.2, 0.25) is 0 Å². The highest BCUT2D eigenvalue weighted by molar-refractivity contribution is 5.63. The molecular formula is C14H16O2. The molecule has 1 aliphatic carbocycles. The molecule has 0 saturated carbocycles. The molecule has 0 saturated heterocycles. The van der Waals surface area contributed by atoms with E-state index in [4.69, 9.17) is 4.42 Å². The maximum absolute atomic E-state index is 11.8. The zero-order chi connectivity index (χ0) is 11.5. The van der Waals surface area contributed by atoms with Crippen LogP contribution in [0.25, 0.3) is 11.3 Å². The first-order chi connectivity index (χ1) is 7.76. The summed E-state index contributed by atoms with van der Waals surface area (Å²) in [5.74, 6) is 1.69. The van der Waals surface area contributed by atoms with E-state index in [-0.39, 0.29) is 5.43 Å². The molecule has 2 aliphatic rings. The molecule has 84 valence electrons. The summed E-state index contributed by atoms with van der Waals surface area (Å²) in [5.41, 5.74) is 1.89. The van der Waals surface area contributed by atoms with Crippen molar-refractivity contribution >= 4 is 0 Å².